The molecule has 0 aromatic heterocycles. The molecule has 0 spiro atoms. The number of hydrogen-bond donors (Lipinski definition) is 1. The normalized spacial score (nSPS) is 14.4. The maximum Gasteiger partial charge on any atom is 0.243 e. The van der Waals surface area contributed by atoms with Crippen molar-refractivity contribution in [2.75, 3.05) is 17.1 Å². The second kappa shape index (κ2) is 14.4. The number of halogens is 1. The van der Waals surface area contributed by atoms with Gasteiger partial charge in [0.15, 0.2) is 0 Å². The highest BCUT2D eigenvalue weighted by atomic mass is 32.2. The Morgan fingerprint density at radius 3 is 2.33 bits per heavy atom. The Labute approximate surface area is 248 Å². The minimum atomic E-state index is -3.60. The van der Waals surface area contributed by atoms with Gasteiger partial charge in [-0.3, -0.25) is 13.9 Å². The fraction of sp³-hybridized carbons (Fsp3) is 0.394. The quantitative estimate of drug-likeness (QED) is 0.288. The molecule has 1 aliphatic carbocycles. The van der Waals surface area contributed by atoms with Crippen LogP contribution in [0.5, 0.6) is 0 Å². The van der Waals surface area contributed by atoms with E-state index in [9.17, 15) is 22.4 Å². The molecule has 7 nitrogen and oxygen atoms in total. The average molecular weight is 594 g/mol. The van der Waals surface area contributed by atoms with Crippen LogP contribution in [-0.2, 0) is 32.6 Å². The molecule has 1 N–H and O–H groups in total. The number of carbonyl (C=O) groups is 2. The van der Waals surface area contributed by atoms with Gasteiger partial charge >= 0.3 is 0 Å². The van der Waals surface area contributed by atoms with Crippen LogP contribution in [0.3, 0.4) is 0 Å². The van der Waals surface area contributed by atoms with Crippen molar-refractivity contribution in [1.82, 2.24) is 10.2 Å². The maximum absolute atomic E-state index is 14.8. The highest BCUT2D eigenvalue weighted by molar-refractivity contribution is 7.92. The summed E-state index contributed by atoms with van der Waals surface area (Å²) in [6.45, 7) is 1.91. The SMILES string of the molecule is Cc1cccc(N(CCCC(=O)N(Cc2ccccc2F)[C@@H](Cc2ccccc2)C(=O)NC2CCCC2)S(C)(=O)=O)c1. The van der Waals surface area contributed by atoms with Crippen molar-refractivity contribution in [3.8, 4) is 0 Å². The standard InChI is InChI=1S/C33H40FN3O4S/c1-25-12-10-18-29(22-25)37(42(2,40)41)21-11-20-32(38)36(24-27-15-6-9-19-30(27)34)31(23-26-13-4-3-5-14-26)33(39)35-28-16-7-8-17-28/h3-6,9-10,12-15,18-19,22,28,31H,7-8,11,16-17,20-21,23-24H2,1-2H3,(H,35,39)/t31-/m0/s1. The number of anilines is 1. The molecule has 3 aromatic carbocycles. The average Bonchev–Trinajstić information content (AvgIpc) is 3.46. The van der Waals surface area contributed by atoms with E-state index in [-0.39, 0.29) is 50.2 Å². The smallest absolute Gasteiger partial charge is 0.243 e. The lowest BCUT2D eigenvalue weighted by atomic mass is 10.0. The Balaban J connectivity index is 1.59. The number of amides is 2. The molecule has 224 valence electrons. The van der Waals surface area contributed by atoms with Gasteiger partial charge < -0.3 is 10.2 Å². The van der Waals surface area contributed by atoms with E-state index in [1.54, 1.807) is 36.4 Å². The highest BCUT2D eigenvalue weighted by Crippen LogP contribution is 2.23. The zero-order valence-electron chi connectivity index (χ0n) is 24.3. The molecule has 3 aromatic rings. The second-order valence-electron chi connectivity index (χ2n) is 11.1. The summed E-state index contributed by atoms with van der Waals surface area (Å²) >= 11 is 0. The summed E-state index contributed by atoms with van der Waals surface area (Å²) in [5.74, 6) is -1.04. The van der Waals surface area contributed by atoms with E-state index in [4.69, 9.17) is 0 Å². The predicted molar refractivity (Wildman–Crippen MR) is 164 cm³/mol. The number of aryl methyl sites for hydroxylation is 1. The summed E-state index contributed by atoms with van der Waals surface area (Å²) in [6.07, 6.45) is 5.53. The molecule has 42 heavy (non-hydrogen) atoms. The van der Waals surface area contributed by atoms with Gasteiger partial charge in [0.2, 0.25) is 21.8 Å². The van der Waals surface area contributed by atoms with Crippen LogP contribution in [0.4, 0.5) is 10.1 Å². The van der Waals surface area contributed by atoms with Gasteiger partial charge in [0.1, 0.15) is 11.9 Å². The van der Waals surface area contributed by atoms with Gasteiger partial charge in [0, 0.05) is 37.5 Å². The molecule has 1 fully saturated rings. The predicted octanol–water partition coefficient (Wildman–Crippen LogP) is 5.38. The van der Waals surface area contributed by atoms with Gasteiger partial charge in [-0.05, 0) is 55.5 Å². The molecule has 0 bridgehead atoms. The topological polar surface area (TPSA) is 86.8 Å². The third-order valence-corrected chi connectivity index (χ3v) is 8.91. The second-order valence-corrected chi connectivity index (χ2v) is 13.0. The van der Waals surface area contributed by atoms with Gasteiger partial charge in [-0.2, -0.15) is 0 Å². The molecule has 0 heterocycles. The molecular weight excluding hydrogens is 553 g/mol. The van der Waals surface area contributed by atoms with Gasteiger partial charge in [0.25, 0.3) is 0 Å². The summed E-state index contributed by atoms with van der Waals surface area (Å²) in [7, 11) is -3.60. The van der Waals surface area contributed by atoms with Crippen molar-refractivity contribution in [1.29, 1.82) is 0 Å². The summed E-state index contributed by atoms with van der Waals surface area (Å²) < 4.78 is 41.4. The molecule has 0 aliphatic heterocycles. The van der Waals surface area contributed by atoms with Gasteiger partial charge in [-0.25, -0.2) is 12.8 Å². The third kappa shape index (κ3) is 8.64. The highest BCUT2D eigenvalue weighted by Gasteiger charge is 2.32. The molecule has 0 unspecified atom stereocenters. The van der Waals surface area contributed by atoms with Crippen LogP contribution >= 0.6 is 0 Å². The molecule has 2 amide bonds. The minimum absolute atomic E-state index is 0.00567. The van der Waals surface area contributed by atoms with Gasteiger partial charge in [0.05, 0.1) is 11.9 Å². The molecule has 1 atom stereocenters. The van der Waals surface area contributed by atoms with Gasteiger partial charge in [-0.1, -0.05) is 73.5 Å². The summed E-state index contributed by atoms with van der Waals surface area (Å²) in [4.78, 5) is 29.1. The van der Waals surface area contributed by atoms with E-state index in [1.807, 2.05) is 43.3 Å². The molecule has 1 saturated carbocycles. The van der Waals surface area contributed by atoms with Crippen molar-refractivity contribution >= 4 is 27.5 Å². The fourth-order valence-electron chi connectivity index (χ4n) is 5.52. The lowest BCUT2D eigenvalue weighted by Crippen LogP contribution is -2.52. The van der Waals surface area contributed by atoms with Crippen molar-refractivity contribution in [2.45, 2.75) is 70.5 Å². The van der Waals surface area contributed by atoms with Crippen LogP contribution in [0.15, 0.2) is 78.9 Å². The minimum Gasteiger partial charge on any atom is -0.352 e. The van der Waals surface area contributed by atoms with Crippen LogP contribution in [0.2, 0.25) is 0 Å². The molecule has 9 heteroatoms. The lowest BCUT2D eigenvalue weighted by Gasteiger charge is -2.33. The number of benzene rings is 3. The summed E-state index contributed by atoms with van der Waals surface area (Å²) in [5, 5.41) is 3.14. The van der Waals surface area contributed by atoms with Crippen LogP contribution in [-0.4, -0.2) is 50.0 Å². The number of carbonyl (C=O) groups excluding carboxylic acids is 2. The van der Waals surface area contributed by atoms with Crippen LogP contribution in [0.25, 0.3) is 0 Å². The molecule has 0 radical (unpaired) electrons. The lowest BCUT2D eigenvalue weighted by molar-refractivity contribution is -0.141. The van der Waals surface area contributed by atoms with E-state index in [2.05, 4.69) is 5.32 Å². The largest absolute Gasteiger partial charge is 0.352 e. The number of nitrogens with zero attached hydrogens (tertiary/aromatic N) is 2. The van der Waals surface area contributed by atoms with Crippen molar-refractivity contribution in [3.05, 3.63) is 101 Å². The zero-order chi connectivity index (χ0) is 30.1. The van der Waals surface area contributed by atoms with Crippen molar-refractivity contribution in [2.24, 2.45) is 0 Å². The van der Waals surface area contributed by atoms with E-state index >= 15 is 0 Å². The molecule has 4 rings (SSSR count). The molecular formula is C33H40FN3O4S. The first-order chi connectivity index (χ1) is 20.1. The van der Waals surface area contributed by atoms with Crippen LogP contribution < -0.4 is 9.62 Å². The Morgan fingerprint density at radius 1 is 0.976 bits per heavy atom. The van der Waals surface area contributed by atoms with Crippen LogP contribution in [0, 0.1) is 12.7 Å². The number of rotatable bonds is 13. The fourth-order valence-corrected chi connectivity index (χ4v) is 6.48. The van der Waals surface area contributed by atoms with Crippen molar-refractivity contribution < 1.29 is 22.4 Å². The Hall–Kier alpha value is -3.72. The number of nitrogens with one attached hydrogen (secondary N) is 1. The first kappa shape index (κ1) is 31.2. The van der Waals surface area contributed by atoms with Crippen molar-refractivity contribution in [3.63, 3.8) is 0 Å². The van der Waals surface area contributed by atoms with Crippen LogP contribution in [0.1, 0.15) is 55.2 Å². The van der Waals surface area contributed by atoms with E-state index in [0.29, 0.717) is 11.3 Å². The monoisotopic (exact) mass is 593 g/mol. The Morgan fingerprint density at radius 2 is 1.67 bits per heavy atom. The Kier molecular flexibility index (Phi) is 10.7. The summed E-state index contributed by atoms with van der Waals surface area (Å²) in [5.41, 5.74) is 2.66. The number of hydrogen-bond acceptors (Lipinski definition) is 4. The van der Waals surface area contributed by atoms with E-state index in [1.165, 1.54) is 15.3 Å². The summed E-state index contributed by atoms with van der Waals surface area (Å²) in [6, 6.07) is 22.1. The zero-order valence-corrected chi connectivity index (χ0v) is 25.2. The molecule has 1 aliphatic rings. The maximum atomic E-state index is 14.8. The third-order valence-electron chi connectivity index (χ3n) is 7.71. The van der Waals surface area contributed by atoms with E-state index < -0.39 is 21.9 Å². The Bertz CT molecular complexity index is 1460. The first-order valence-electron chi connectivity index (χ1n) is 14.5. The van der Waals surface area contributed by atoms with Gasteiger partial charge in [-0.15, -0.1) is 0 Å². The molecule has 0 saturated heterocycles. The van der Waals surface area contributed by atoms with E-state index in [0.717, 1.165) is 43.1 Å². The number of sulfonamides is 1. The first-order valence-corrected chi connectivity index (χ1v) is 16.4.